The molecule has 1 aromatic carbocycles. The van der Waals surface area contributed by atoms with Gasteiger partial charge in [0.1, 0.15) is 18.0 Å². The van der Waals surface area contributed by atoms with E-state index in [1.807, 2.05) is 6.92 Å². The minimum atomic E-state index is -1.05. The molecule has 0 fully saturated rings. The van der Waals surface area contributed by atoms with Crippen LogP contribution in [0.1, 0.15) is 57.2 Å². The van der Waals surface area contributed by atoms with Gasteiger partial charge in [-0.15, -0.1) is 0 Å². The molecule has 34 heavy (non-hydrogen) atoms. The fourth-order valence-corrected chi connectivity index (χ4v) is 3.53. The van der Waals surface area contributed by atoms with Gasteiger partial charge in [0.2, 0.25) is 5.76 Å². The number of halogens is 1. The first-order chi connectivity index (χ1) is 15.9. The number of nitrogens with one attached hydrogen (secondary N) is 1. The van der Waals surface area contributed by atoms with Gasteiger partial charge in [0.05, 0.1) is 7.11 Å². The number of carbonyl (C=O) groups is 3. The second kappa shape index (κ2) is 12.7. The summed E-state index contributed by atoms with van der Waals surface area (Å²) in [6.45, 7) is 14.8. The number of hydrogen-bond donors (Lipinski definition) is 1. The first kappa shape index (κ1) is 28.5. The number of carbonyl (C=O) groups excluding carboxylic acids is 3. The van der Waals surface area contributed by atoms with E-state index in [1.165, 1.54) is 32.2 Å². The molecule has 0 aromatic heterocycles. The van der Waals surface area contributed by atoms with E-state index in [2.05, 4.69) is 17.0 Å². The van der Waals surface area contributed by atoms with Crippen molar-refractivity contribution in [2.24, 2.45) is 4.99 Å². The summed E-state index contributed by atoms with van der Waals surface area (Å²) in [6, 6.07) is 1.82. The molecule has 0 unspecified atom stereocenters. The van der Waals surface area contributed by atoms with Crippen molar-refractivity contribution in [1.29, 1.82) is 0 Å². The Hall–Kier alpha value is -3.49. The highest BCUT2D eigenvalue weighted by molar-refractivity contribution is 5.97. The van der Waals surface area contributed by atoms with Crippen LogP contribution in [-0.4, -0.2) is 43.8 Å². The molecule has 0 spiro atoms. The van der Waals surface area contributed by atoms with Crippen LogP contribution in [-0.2, 0) is 28.6 Å². The minimum absolute atomic E-state index is 0.0930. The van der Waals surface area contributed by atoms with Gasteiger partial charge in [0, 0.05) is 12.8 Å². The monoisotopic (exact) mass is 476 g/mol. The van der Waals surface area contributed by atoms with E-state index in [9.17, 15) is 18.8 Å². The number of esters is 2. The molecule has 0 saturated carbocycles. The van der Waals surface area contributed by atoms with Crippen LogP contribution in [0.3, 0.4) is 0 Å². The van der Waals surface area contributed by atoms with Gasteiger partial charge >= 0.3 is 11.9 Å². The van der Waals surface area contributed by atoms with Crippen LogP contribution in [0.5, 0.6) is 0 Å². The number of benzene rings is 1. The number of nitrogens with zero attached hydrogens (tertiary/aromatic N) is 1. The highest BCUT2D eigenvalue weighted by Crippen LogP contribution is 2.29. The summed E-state index contributed by atoms with van der Waals surface area (Å²) in [4.78, 5) is 40.6. The van der Waals surface area contributed by atoms with Gasteiger partial charge in [0.25, 0.3) is 5.91 Å². The lowest BCUT2D eigenvalue weighted by molar-refractivity contribution is -0.152. The number of methoxy groups -OCH3 is 1. The van der Waals surface area contributed by atoms with Crippen LogP contribution < -0.4 is 5.32 Å². The quantitative estimate of drug-likeness (QED) is 0.180. The third kappa shape index (κ3) is 7.26. The van der Waals surface area contributed by atoms with Gasteiger partial charge in [-0.2, -0.15) is 0 Å². The molecule has 186 valence electrons. The molecular weight excluding hydrogens is 443 g/mol. The van der Waals surface area contributed by atoms with E-state index in [-0.39, 0.29) is 29.0 Å². The van der Waals surface area contributed by atoms with Crippen molar-refractivity contribution in [3.05, 3.63) is 57.9 Å². The maximum atomic E-state index is 13.6. The summed E-state index contributed by atoms with van der Waals surface area (Å²) >= 11 is 0. The van der Waals surface area contributed by atoms with Crippen LogP contribution >= 0.6 is 0 Å². The standard InChI is InChI=1S/C25H33FN2O6/c1-10-20(32-9)23(34-18(7)29)22(27-8)24(30)28-16(5)25(31)33-17(6)15(4)21-13(2)11-19(26)12-14(21)3/h10-12,15-17H,8H2,1-7,9H3,(H,28,30)/b20-10+,23-22+/t15-,16+,17+/m1/s1. The summed E-state index contributed by atoms with van der Waals surface area (Å²) in [5.41, 5.74) is 2.08. The van der Waals surface area contributed by atoms with Crippen LogP contribution in [0.25, 0.3) is 0 Å². The van der Waals surface area contributed by atoms with Crippen LogP contribution in [0.2, 0.25) is 0 Å². The predicted octanol–water partition coefficient (Wildman–Crippen LogP) is 4.01. The fraction of sp³-hybridized carbons (Fsp3) is 0.440. The van der Waals surface area contributed by atoms with E-state index in [0.717, 1.165) is 23.6 Å². The van der Waals surface area contributed by atoms with E-state index in [4.69, 9.17) is 14.2 Å². The number of amides is 1. The summed E-state index contributed by atoms with van der Waals surface area (Å²) < 4.78 is 29.4. The topological polar surface area (TPSA) is 103 Å². The third-order valence-electron chi connectivity index (χ3n) is 5.26. The Balaban J connectivity index is 3.04. The molecule has 0 radical (unpaired) electrons. The number of aryl methyl sites for hydroxylation is 2. The molecule has 0 aliphatic heterocycles. The van der Waals surface area contributed by atoms with Crippen molar-refractivity contribution >= 4 is 24.6 Å². The molecule has 1 aromatic rings. The molecular formula is C25H33FN2O6. The third-order valence-corrected chi connectivity index (χ3v) is 5.26. The summed E-state index contributed by atoms with van der Waals surface area (Å²) in [6.07, 6.45) is 0.929. The Morgan fingerprint density at radius 2 is 1.71 bits per heavy atom. The van der Waals surface area contributed by atoms with E-state index >= 15 is 0 Å². The average molecular weight is 477 g/mol. The van der Waals surface area contributed by atoms with Gasteiger partial charge in [-0.1, -0.05) is 6.92 Å². The second-order valence-corrected chi connectivity index (χ2v) is 7.87. The molecule has 0 bridgehead atoms. The molecule has 0 heterocycles. The summed E-state index contributed by atoms with van der Waals surface area (Å²) in [7, 11) is 1.34. The van der Waals surface area contributed by atoms with Gasteiger partial charge in [-0.3, -0.25) is 14.6 Å². The van der Waals surface area contributed by atoms with Gasteiger partial charge in [-0.25, -0.2) is 9.18 Å². The lowest BCUT2D eigenvalue weighted by Gasteiger charge is -2.25. The Bertz CT molecular complexity index is 992. The Morgan fingerprint density at radius 1 is 1.15 bits per heavy atom. The first-order valence-corrected chi connectivity index (χ1v) is 10.8. The van der Waals surface area contributed by atoms with Crippen molar-refractivity contribution in [1.82, 2.24) is 5.32 Å². The number of aliphatic imine (C=N–C) groups is 1. The average Bonchev–Trinajstić information content (AvgIpc) is 2.73. The number of ether oxygens (including phenoxy) is 3. The fourth-order valence-electron chi connectivity index (χ4n) is 3.53. The smallest absolute Gasteiger partial charge is 0.328 e. The Morgan fingerprint density at radius 3 is 2.15 bits per heavy atom. The molecule has 1 amide bonds. The SMILES string of the molecule is C=N/C(C(=O)N[C@@H](C)C(=O)O[C@@H](C)[C@@H](C)c1c(C)cc(F)cc1C)=C(OC(C)=O)\C(=C/C)OC. The molecule has 9 heteroatoms. The Kier molecular flexibility index (Phi) is 10.6. The van der Waals surface area contributed by atoms with Crippen LogP contribution in [0.4, 0.5) is 4.39 Å². The molecule has 0 saturated heterocycles. The van der Waals surface area contributed by atoms with E-state index < -0.39 is 30.0 Å². The van der Waals surface area contributed by atoms with E-state index in [0.29, 0.717) is 0 Å². The normalized spacial score (nSPS) is 14.8. The van der Waals surface area contributed by atoms with Gasteiger partial charge < -0.3 is 19.5 Å². The zero-order valence-electron chi connectivity index (χ0n) is 20.9. The highest BCUT2D eigenvalue weighted by Gasteiger charge is 2.28. The number of allylic oxidation sites excluding steroid dienone is 1. The zero-order valence-corrected chi connectivity index (χ0v) is 20.9. The molecule has 1 rings (SSSR count). The predicted molar refractivity (Wildman–Crippen MR) is 127 cm³/mol. The van der Waals surface area contributed by atoms with Gasteiger partial charge in [0.15, 0.2) is 11.5 Å². The number of hydrogen-bond acceptors (Lipinski definition) is 7. The maximum absolute atomic E-state index is 13.6. The number of rotatable bonds is 10. The van der Waals surface area contributed by atoms with Crippen molar-refractivity contribution in [3.63, 3.8) is 0 Å². The molecule has 0 aliphatic carbocycles. The van der Waals surface area contributed by atoms with Crippen LogP contribution in [0.15, 0.2) is 40.4 Å². The van der Waals surface area contributed by atoms with E-state index in [1.54, 1.807) is 27.7 Å². The summed E-state index contributed by atoms with van der Waals surface area (Å²) in [5.74, 6) is -2.85. The zero-order chi connectivity index (χ0) is 26.2. The first-order valence-electron chi connectivity index (χ1n) is 10.8. The second-order valence-electron chi connectivity index (χ2n) is 7.87. The van der Waals surface area contributed by atoms with Crippen molar-refractivity contribution in [2.45, 2.75) is 66.5 Å². The molecule has 8 nitrogen and oxygen atoms in total. The maximum Gasteiger partial charge on any atom is 0.328 e. The van der Waals surface area contributed by atoms with Crippen molar-refractivity contribution in [3.8, 4) is 0 Å². The lowest BCUT2D eigenvalue weighted by Crippen LogP contribution is -2.42. The molecule has 0 aliphatic rings. The lowest BCUT2D eigenvalue weighted by atomic mass is 9.88. The van der Waals surface area contributed by atoms with Gasteiger partial charge in [-0.05, 0) is 76.2 Å². The molecule has 3 atom stereocenters. The largest absolute Gasteiger partial charge is 0.493 e. The molecule has 1 N–H and O–H groups in total. The van der Waals surface area contributed by atoms with Crippen molar-refractivity contribution in [2.75, 3.05) is 7.11 Å². The minimum Gasteiger partial charge on any atom is -0.493 e. The Labute approximate surface area is 199 Å². The van der Waals surface area contributed by atoms with Crippen molar-refractivity contribution < 1.29 is 33.0 Å². The summed E-state index contributed by atoms with van der Waals surface area (Å²) in [5, 5.41) is 2.47. The van der Waals surface area contributed by atoms with Crippen LogP contribution in [0, 0.1) is 19.7 Å². The highest BCUT2D eigenvalue weighted by atomic mass is 19.1.